The first-order valence-corrected chi connectivity index (χ1v) is 6.63. The molecule has 0 fully saturated rings. The Bertz CT molecular complexity index is 310. The van der Waals surface area contributed by atoms with Crippen molar-refractivity contribution in [2.45, 2.75) is 46.6 Å². The zero-order valence-electron chi connectivity index (χ0n) is 11.3. The molecule has 0 bridgehead atoms. The van der Waals surface area contributed by atoms with Crippen LogP contribution in [0, 0.1) is 6.92 Å². The molecule has 1 N–H and O–H groups in total. The van der Waals surface area contributed by atoms with Crippen LogP contribution >= 0.6 is 0 Å². The highest BCUT2D eigenvalue weighted by molar-refractivity contribution is 5.28. The van der Waals surface area contributed by atoms with Gasteiger partial charge in [0.2, 0.25) is 5.95 Å². The highest BCUT2D eigenvalue weighted by Crippen LogP contribution is 2.08. The Balaban J connectivity index is 2.35. The van der Waals surface area contributed by atoms with Crippen LogP contribution in [0.4, 0.5) is 5.95 Å². The summed E-state index contributed by atoms with van der Waals surface area (Å²) in [6.07, 6.45) is 5.51. The molecule has 0 radical (unpaired) electrons. The number of hydrogen-bond donors (Lipinski definition) is 1. The molecule has 17 heavy (non-hydrogen) atoms. The van der Waals surface area contributed by atoms with Crippen molar-refractivity contribution >= 4 is 5.95 Å². The molecule has 98 valence electrons. The summed E-state index contributed by atoms with van der Waals surface area (Å²) in [6, 6.07) is 0. The molecule has 0 saturated heterocycles. The van der Waals surface area contributed by atoms with Crippen LogP contribution in [0.3, 0.4) is 0 Å². The van der Waals surface area contributed by atoms with E-state index in [0.717, 1.165) is 50.8 Å². The number of nitrogens with zero attached hydrogens (tertiary/aromatic N) is 2. The van der Waals surface area contributed by atoms with Gasteiger partial charge in [-0.05, 0) is 19.8 Å². The lowest BCUT2D eigenvalue weighted by Crippen LogP contribution is -2.11. The van der Waals surface area contributed by atoms with Gasteiger partial charge in [-0.3, -0.25) is 0 Å². The third-order valence-electron chi connectivity index (χ3n) is 2.55. The molecule has 1 heterocycles. The maximum Gasteiger partial charge on any atom is 0.203 e. The number of hydrogen-bond acceptors (Lipinski definition) is 3. The van der Waals surface area contributed by atoms with E-state index < -0.39 is 0 Å². The highest BCUT2D eigenvalue weighted by atomic mass is 16.5. The molecular weight excluding hydrogens is 214 g/mol. The summed E-state index contributed by atoms with van der Waals surface area (Å²) < 4.78 is 7.71. The van der Waals surface area contributed by atoms with Crippen molar-refractivity contribution in [1.29, 1.82) is 0 Å². The van der Waals surface area contributed by atoms with Crippen LogP contribution in [-0.4, -0.2) is 29.3 Å². The fourth-order valence-corrected chi connectivity index (χ4v) is 1.61. The van der Waals surface area contributed by atoms with Gasteiger partial charge in [-0.15, -0.1) is 0 Å². The third kappa shape index (κ3) is 5.22. The van der Waals surface area contributed by atoms with E-state index in [9.17, 15) is 0 Å². The van der Waals surface area contributed by atoms with Gasteiger partial charge < -0.3 is 14.6 Å². The van der Waals surface area contributed by atoms with Crippen molar-refractivity contribution in [2.24, 2.45) is 0 Å². The average molecular weight is 239 g/mol. The van der Waals surface area contributed by atoms with Crippen molar-refractivity contribution < 1.29 is 4.74 Å². The second-order valence-corrected chi connectivity index (χ2v) is 4.29. The summed E-state index contributed by atoms with van der Waals surface area (Å²) in [5.74, 6) is 0.962. The Morgan fingerprint density at radius 3 is 2.82 bits per heavy atom. The monoisotopic (exact) mass is 239 g/mol. The summed E-state index contributed by atoms with van der Waals surface area (Å²) in [5, 5.41) is 3.33. The first-order chi connectivity index (χ1) is 8.27. The minimum atomic E-state index is 0.761. The van der Waals surface area contributed by atoms with E-state index in [4.69, 9.17) is 4.74 Å². The number of aryl methyl sites for hydroxylation is 1. The molecule has 1 aromatic rings. The number of aromatic nitrogens is 2. The minimum absolute atomic E-state index is 0.761. The summed E-state index contributed by atoms with van der Waals surface area (Å²) >= 11 is 0. The lowest BCUT2D eigenvalue weighted by Gasteiger charge is -2.09. The van der Waals surface area contributed by atoms with Crippen molar-refractivity contribution in [1.82, 2.24) is 9.55 Å². The van der Waals surface area contributed by atoms with E-state index in [2.05, 4.69) is 34.9 Å². The van der Waals surface area contributed by atoms with Crippen LogP contribution in [0.2, 0.25) is 0 Å². The molecular formula is C13H25N3O. The molecule has 0 spiro atoms. The normalized spacial score (nSPS) is 10.8. The van der Waals surface area contributed by atoms with Gasteiger partial charge in [-0.1, -0.05) is 20.3 Å². The average Bonchev–Trinajstić information content (AvgIpc) is 2.67. The fraction of sp³-hybridized carbons (Fsp3) is 0.769. The Hall–Kier alpha value is -1.03. The van der Waals surface area contributed by atoms with Gasteiger partial charge >= 0.3 is 0 Å². The zero-order valence-corrected chi connectivity index (χ0v) is 11.3. The van der Waals surface area contributed by atoms with E-state index in [-0.39, 0.29) is 0 Å². The smallest absolute Gasteiger partial charge is 0.203 e. The van der Waals surface area contributed by atoms with Gasteiger partial charge in [0.15, 0.2) is 0 Å². The van der Waals surface area contributed by atoms with E-state index >= 15 is 0 Å². The van der Waals surface area contributed by atoms with Crippen LogP contribution < -0.4 is 5.32 Å². The molecule has 0 aliphatic rings. The largest absolute Gasteiger partial charge is 0.380 e. The van der Waals surface area contributed by atoms with E-state index in [0.29, 0.717) is 0 Å². The van der Waals surface area contributed by atoms with E-state index in [1.807, 2.05) is 6.92 Å². The number of ether oxygens (including phenoxy) is 1. The van der Waals surface area contributed by atoms with Crippen LogP contribution in [0.25, 0.3) is 0 Å². The van der Waals surface area contributed by atoms with Gasteiger partial charge in [-0.2, -0.15) is 0 Å². The summed E-state index contributed by atoms with van der Waals surface area (Å²) in [7, 11) is 0. The molecule has 0 unspecified atom stereocenters. The lowest BCUT2D eigenvalue weighted by atomic mass is 10.4. The molecule has 0 aliphatic heterocycles. The van der Waals surface area contributed by atoms with Gasteiger partial charge in [0.25, 0.3) is 0 Å². The van der Waals surface area contributed by atoms with Crippen molar-refractivity contribution in [3.63, 3.8) is 0 Å². The molecule has 4 heteroatoms. The molecule has 1 rings (SSSR count). The summed E-state index contributed by atoms with van der Waals surface area (Å²) in [6.45, 7) is 9.81. The predicted octanol–water partition coefficient (Wildman–Crippen LogP) is 2.83. The standard InChI is InChI=1S/C13H25N3O/c1-4-6-9-17-10-8-16-11-12(3)15-13(16)14-7-5-2/h11H,4-10H2,1-3H3,(H,14,15). The topological polar surface area (TPSA) is 39.1 Å². The van der Waals surface area contributed by atoms with E-state index in [1.54, 1.807) is 0 Å². The number of unbranched alkanes of at least 4 members (excludes halogenated alkanes) is 1. The first-order valence-electron chi connectivity index (χ1n) is 6.63. The minimum Gasteiger partial charge on any atom is -0.380 e. The highest BCUT2D eigenvalue weighted by Gasteiger charge is 2.04. The maximum absolute atomic E-state index is 5.57. The number of anilines is 1. The van der Waals surface area contributed by atoms with Crippen LogP contribution in [0.15, 0.2) is 6.20 Å². The summed E-state index contributed by atoms with van der Waals surface area (Å²) in [5.41, 5.74) is 1.05. The SMILES string of the molecule is CCCCOCCn1cc(C)nc1NCCC. The molecule has 0 aromatic carbocycles. The predicted molar refractivity (Wildman–Crippen MR) is 71.5 cm³/mol. The van der Waals surface area contributed by atoms with Gasteiger partial charge in [0.05, 0.1) is 12.3 Å². The Morgan fingerprint density at radius 1 is 1.29 bits per heavy atom. The van der Waals surface area contributed by atoms with Crippen LogP contribution in [0.1, 0.15) is 38.8 Å². The second-order valence-electron chi connectivity index (χ2n) is 4.29. The molecule has 0 amide bonds. The van der Waals surface area contributed by atoms with Gasteiger partial charge in [-0.25, -0.2) is 4.98 Å². The molecule has 0 saturated carbocycles. The molecule has 0 atom stereocenters. The Labute approximate surface area is 104 Å². The fourth-order valence-electron chi connectivity index (χ4n) is 1.61. The molecule has 1 aromatic heterocycles. The third-order valence-corrected chi connectivity index (χ3v) is 2.55. The quantitative estimate of drug-likeness (QED) is 0.673. The lowest BCUT2D eigenvalue weighted by molar-refractivity contribution is 0.124. The second kappa shape index (κ2) is 8.12. The van der Waals surface area contributed by atoms with Gasteiger partial charge in [0, 0.05) is 25.9 Å². The Morgan fingerprint density at radius 2 is 2.12 bits per heavy atom. The number of rotatable bonds is 9. The van der Waals surface area contributed by atoms with Crippen LogP contribution in [-0.2, 0) is 11.3 Å². The maximum atomic E-state index is 5.57. The van der Waals surface area contributed by atoms with Crippen molar-refractivity contribution in [2.75, 3.05) is 25.1 Å². The first kappa shape index (κ1) is 14.0. The molecule has 4 nitrogen and oxygen atoms in total. The Kier molecular flexibility index (Phi) is 6.70. The van der Waals surface area contributed by atoms with Gasteiger partial charge in [0.1, 0.15) is 0 Å². The van der Waals surface area contributed by atoms with E-state index in [1.165, 1.54) is 6.42 Å². The zero-order chi connectivity index (χ0) is 12.5. The number of imidazole rings is 1. The molecule has 0 aliphatic carbocycles. The summed E-state index contributed by atoms with van der Waals surface area (Å²) in [4.78, 5) is 4.46. The van der Waals surface area contributed by atoms with Crippen molar-refractivity contribution in [3.05, 3.63) is 11.9 Å². The van der Waals surface area contributed by atoms with Crippen LogP contribution in [0.5, 0.6) is 0 Å². The number of nitrogens with one attached hydrogen (secondary N) is 1. The van der Waals surface area contributed by atoms with Crippen molar-refractivity contribution in [3.8, 4) is 0 Å².